The van der Waals surface area contributed by atoms with Crippen molar-refractivity contribution in [3.8, 4) is 11.5 Å². The molecule has 2 aromatic carbocycles. The Hall–Kier alpha value is -3.02. The molecule has 112 valence electrons. The number of nitrogens with zero attached hydrogens (tertiary/aromatic N) is 2. The average Bonchev–Trinajstić information content (AvgIpc) is 2.59. The third-order valence-corrected chi connectivity index (χ3v) is 2.91. The van der Waals surface area contributed by atoms with E-state index in [9.17, 15) is 9.59 Å². The molecule has 2 rings (SSSR count). The van der Waals surface area contributed by atoms with Gasteiger partial charge in [-0.2, -0.15) is 0 Å². The molecule has 0 aromatic heterocycles. The number of benzene rings is 2. The summed E-state index contributed by atoms with van der Waals surface area (Å²) in [5.74, 6) is 0.0691. The van der Waals surface area contributed by atoms with Gasteiger partial charge in [-0.3, -0.25) is 9.59 Å². The molecule has 0 saturated heterocycles. The fourth-order valence-electron chi connectivity index (χ4n) is 1.67. The second-order valence-electron chi connectivity index (χ2n) is 4.27. The molecule has 2 aromatic rings. The molecule has 6 nitrogen and oxygen atoms in total. The van der Waals surface area contributed by atoms with Gasteiger partial charge in [0.25, 0.3) is 11.8 Å². The number of amides is 2. The topological polar surface area (TPSA) is 77.3 Å². The Labute approximate surface area is 127 Å². The normalized spacial score (nSPS) is 10.5. The molecule has 0 aliphatic rings. The highest BCUT2D eigenvalue weighted by molar-refractivity contribution is 5.98. The Morgan fingerprint density at radius 1 is 0.682 bits per heavy atom. The summed E-state index contributed by atoms with van der Waals surface area (Å²) in [6.45, 7) is 0. The Morgan fingerprint density at radius 3 is 1.27 bits per heavy atom. The number of azo groups is 1. The summed E-state index contributed by atoms with van der Waals surface area (Å²) < 4.78 is 9.99. The van der Waals surface area contributed by atoms with E-state index in [1.807, 2.05) is 0 Å². The van der Waals surface area contributed by atoms with Crippen LogP contribution in [0.2, 0.25) is 0 Å². The van der Waals surface area contributed by atoms with Crippen LogP contribution in [-0.4, -0.2) is 26.0 Å². The van der Waals surface area contributed by atoms with Crippen LogP contribution in [0.5, 0.6) is 11.5 Å². The van der Waals surface area contributed by atoms with E-state index in [-0.39, 0.29) is 0 Å². The smallest absolute Gasteiger partial charge is 0.295 e. The molecule has 0 N–H and O–H groups in total. The second-order valence-corrected chi connectivity index (χ2v) is 4.27. The lowest BCUT2D eigenvalue weighted by Crippen LogP contribution is -1.98. The first kappa shape index (κ1) is 15.4. The molecule has 0 aliphatic carbocycles. The summed E-state index contributed by atoms with van der Waals surface area (Å²) in [7, 11) is 3.06. The lowest BCUT2D eigenvalue weighted by atomic mass is 10.2. The summed E-state index contributed by atoms with van der Waals surface area (Å²) in [5.41, 5.74) is 0.652. The van der Waals surface area contributed by atoms with Crippen molar-refractivity contribution in [1.29, 1.82) is 0 Å². The molecule has 6 heteroatoms. The third kappa shape index (κ3) is 3.76. The van der Waals surface area contributed by atoms with E-state index < -0.39 is 11.8 Å². The van der Waals surface area contributed by atoms with Crippen LogP contribution in [-0.2, 0) is 0 Å². The number of hydrogen-bond donors (Lipinski definition) is 0. The number of carbonyl (C=O) groups is 2. The molecule has 22 heavy (non-hydrogen) atoms. The Morgan fingerprint density at radius 2 is 1.00 bits per heavy atom. The molecule has 0 spiro atoms. The van der Waals surface area contributed by atoms with E-state index in [0.29, 0.717) is 22.6 Å². The largest absolute Gasteiger partial charge is 0.497 e. The summed E-state index contributed by atoms with van der Waals surface area (Å²) in [5, 5.41) is 6.87. The maximum absolute atomic E-state index is 11.8. The van der Waals surface area contributed by atoms with Crippen molar-refractivity contribution >= 4 is 11.8 Å². The monoisotopic (exact) mass is 298 g/mol. The number of methoxy groups -OCH3 is 2. The minimum atomic E-state index is -0.593. The Kier molecular flexibility index (Phi) is 4.98. The SMILES string of the molecule is COc1ccc(C(=O)N=NC(=O)c2ccc(OC)cc2)cc1. The standard InChI is InChI=1S/C16H14N2O4/c1-21-13-7-3-11(4-8-13)15(19)17-18-16(20)12-5-9-14(22-2)10-6-12/h3-10H,1-2H3. The highest BCUT2D eigenvalue weighted by atomic mass is 16.5. The third-order valence-electron chi connectivity index (χ3n) is 2.91. The van der Waals surface area contributed by atoms with Gasteiger partial charge in [-0.05, 0) is 48.5 Å². The van der Waals surface area contributed by atoms with E-state index >= 15 is 0 Å². The molecule has 0 unspecified atom stereocenters. The first-order valence-corrected chi connectivity index (χ1v) is 6.42. The van der Waals surface area contributed by atoms with Crippen LogP contribution >= 0.6 is 0 Å². The molecule has 0 aliphatic heterocycles. The number of rotatable bonds is 4. The van der Waals surface area contributed by atoms with E-state index in [2.05, 4.69) is 10.2 Å². The van der Waals surface area contributed by atoms with Crippen LogP contribution in [0.4, 0.5) is 0 Å². The number of carbonyl (C=O) groups excluding carboxylic acids is 2. The average molecular weight is 298 g/mol. The van der Waals surface area contributed by atoms with E-state index in [4.69, 9.17) is 9.47 Å². The minimum Gasteiger partial charge on any atom is -0.497 e. The van der Waals surface area contributed by atoms with Crippen LogP contribution in [0.1, 0.15) is 20.7 Å². The van der Waals surface area contributed by atoms with Crippen LogP contribution in [0.3, 0.4) is 0 Å². The van der Waals surface area contributed by atoms with E-state index in [0.717, 1.165) is 0 Å². The maximum atomic E-state index is 11.8. The van der Waals surface area contributed by atoms with Gasteiger partial charge in [-0.1, -0.05) is 0 Å². The molecule has 0 bridgehead atoms. The van der Waals surface area contributed by atoms with Gasteiger partial charge in [0.2, 0.25) is 0 Å². The Bertz CT molecular complexity index is 630. The predicted molar refractivity (Wildman–Crippen MR) is 79.5 cm³/mol. The van der Waals surface area contributed by atoms with Crippen molar-refractivity contribution in [1.82, 2.24) is 0 Å². The fraction of sp³-hybridized carbons (Fsp3) is 0.125. The summed E-state index contributed by atoms with van der Waals surface area (Å²) in [6, 6.07) is 12.7. The van der Waals surface area contributed by atoms with Crippen LogP contribution in [0, 0.1) is 0 Å². The van der Waals surface area contributed by atoms with Crippen molar-refractivity contribution < 1.29 is 19.1 Å². The first-order valence-electron chi connectivity index (χ1n) is 6.42. The molecular weight excluding hydrogens is 284 g/mol. The van der Waals surface area contributed by atoms with Crippen molar-refractivity contribution in [2.24, 2.45) is 10.2 Å². The summed E-state index contributed by atoms with van der Waals surface area (Å²) in [4.78, 5) is 23.6. The van der Waals surface area contributed by atoms with Gasteiger partial charge in [-0.15, -0.1) is 10.2 Å². The zero-order valence-electron chi connectivity index (χ0n) is 12.1. The number of ether oxygens (including phenoxy) is 2. The van der Waals surface area contributed by atoms with Gasteiger partial charge < -0.3 is 9.47 Å². The van der Waals surface area contributed by atoms with Gasteiger partial charge in [0, 0.05) is 11.1 Å². The lowest BCUT2D eigenvalue weighted by molar-refractivity contribution is 0.0947. The summed E-state index contributed by atoms with van der Waals surface area (Å²) >= 11 is 0. The van der Waals surface area contributed by atoms with E-state index in [1.165, 1.54) is 14.2 Å². The first-order chi connectivity index (χ1) is 10.6. The second kappa shape index (κ2) is 7.12. The van der Waals surface area contributed by atoms with Crippen LogP contribution in [0.15, 0.2) is 58.8 Å². The zero-order chi connectivity index (χ0) is 15.9. The van der Waals surface area contributed by atoms with Gasteiger partial charge in [-0.25, -0.2) is 0 Å². The van der Waals surface area contributed by atoms with Crippen molar-refractivity contribution in [3.63, 3.8) is 0 Å². The Balaban J connectivity index is 2.05. The molecule has 0 atom stereocenters. The summed E-state index contributed by atoms with van der Waals surface area (Å²) in [6.07, 6.45) is 0. The highest BCUT2D eigenvalue weighted by Gasteiger charge is 2.08. The molecule has 0 radical (unpaired) electrons. The van der Waals surface area contributed by atoms with E-state index in [1.54, 1.807) is 48.5 Å². The van der Waals surface area contributed by atoms with Crippen LogP contribution in [0.25, 0.3) is 0 Å². The predicted octanol–water partition coefficient (Wildman–Crippen LogP) is 3.14. The fourth-order valence-corrected chi connectivity index (χ4v) is 1.67. The van der Waals surface area contributed by atoms with Gasteiger partial charge in [0.15, 0.2) is 0 Å². The minimum absolute atomic E-state index is 0.326. The van der Waals surface area contributed by atoms with Gasteiger partial charge in [0.05, 0.1) is 14.2 Å². The molecular formula is C16H14N2O4. The van der Waals surface area contributed by atoms with Crippen molar-refractivity contribution in [2.75, 3.05) is 14.2 Å². The lowest BCUT2D eigenvalue weighted by Gasteiger charge is -2.00. The number of hydrogen-bond acceptors (Lipinski definition) is 4. The molecule has 2 amide bonds. The maximum Gasteiger partial charge on any atom is 0.295 e. The molecule has 0 heterocycles. The van der Waals surface area contributed by atoms with Crippen LogP contribution < -0.4 is 9.47 Å². The quantitative estimate of drug-likeness (QED) is 0.812. The van der Waals surface area contributed by atoms with Gasteiger partial charge in [0.1, 0.15) is 11.5 Å². The van der Waals surface area contributed by atoms with Crippen molar-refractivity contribution in [2.45, 2.75) is 0 Å². The van der Waals surface area contributed by atoms with Gasteiger partial charge >= 0.3 is 0 Å². The highest BCUT2D eigenvalue weighted by Crippen LogP contribution is 2.14. The molecule has 0 fully saturated rings. The van der Waals surface area contributed by atoms with Crippen molar-refractivity contribution in [3.05, 3.63) is 59.7 Å². The molecule has 0 saturated carbocycles. The zero-order valence-corrected chi connectivity index (χ0v) is 12.1.